The van der Waals surface area contributed by atoms with Gasteiger partial charge in [-0.1, -0.05) is 0 Å². The van der Waals surface area contributed by atoms with Crippen LogP contribution in [0.15, 0.2) is 18.2 Å². The lowest BCUT2D eigenvalue weighted by Gasteiger charge is -2.27. The standard InChI is InChI=1S/C22H35FN2O4S/c1-14(25-30(27)22(5,6)7)18-12-15(23)8-11-19(18)28-17-10-9-16(13-17)24-20(26)29-21(2,3)4/h8,11-12,14,16-17,25H,9-10,13H2,1-7H3,(H,24,26)/t14?,16-,17-,30-/m1/s1. The molecule has 2 rings (SSSR count). The third-order valence-corrected chi connectivity index (χ3v) is 6.36. The Morgan fingerprint density at radius 1 is 1.23 bits per heavy atom. The lowest BCUT2D eigenvalue weighted by molar-refractivity contribution is 0.0503. The average Bonchev–Trinajstić information content (AvgIpc) is 3.00. The number of halogens is 1. The third kappa shape index (κ3) is 7.63. The lowest BCUT2D eigenvalue weighted by Crippen LogP contribution is -2.40. The summed E-state index contributed by atoms with van der Waals surface area (Å²) in [5.41, 5.74) is 0.0777. The van der Waals surface area contributed by atoms with E-state index in [0.29, 0.717) is 17.7 Å². The van der Waals surface area contributed by atoms with Crippen LogP contribution in [0.2, 0.25) is 0 Å². The Balaban J connectivity index is 2.01. The van der Waals surface area contributed by atoms with E-state index >= 15 is 0 Å². The van der Waals surface area contributed by atoms with E-state index in [-0.39, 0.29) is 24.0 Å². The molecule has 0 saturated heterocycles. The number of alkyl carbamates (subject to hydrolysis) is 1. The van der Waals surface area contributed by atoms with E-state index in [1.54, 1.807) is 6.07 Å². The van der Waals surface area contributed by atoms with Gasteiger partial charge in [-0.2, -0.15) is 0 Å². The molecule has 0 bridgehead atoms. The highest BCUT2D eigenvalue weighted by Crippen LogP contribution is 2.32. The Kier molecular flexibility index (Phi) is 8.04. The molecule has 1 unspecified atom stereocenters. The van der Waals surface area contributed by atoms with Crippen LogP contribution in [0.3, 0.4) is 0 Å². The van der Waals surface area contributed by atoms with E-state index in [9.17, 15) is 13.7 Å². The Labute approximate surface area is 182 Å². The van der Waals surface area contributed by atoms with Crippen LogP contribution >= 0.6 is 0 Å². The number of nitrogens with one attached hydrogen (secondary N) is 2. The molecule has 170 valence electrons. The number of rotatable bonds is 6. The van der Waals surface area contributed by atoms with Gasteiger partial charge in [-0.15, -0.1) is 4.72 Å². The minimum atomic E-state index is -1.30. The summed E-state index contributed by atoms with van der Waals surface area (Å²) in [4.78, 5) is 12.0. The maximum Gasteiger partial charge on any atom is 0.407 e. The average molecular weight is 443 g/mol. The van der Waals surface area contributed by atoms with Crippen molar-refractivity contribution in [2.45, 2.75) is 96.3 Å². The molecular weight excluding hydrogens is 407 g/mol. The zero-order chi connectivity index (χ0) is 22.7. The second-order valence-corrected chi connectivity index (χ2v) is 11.8. The zero-order valence-electron chi connectivity index (χ0n) is 19.0. The molecule has 2 N–H and O–H groups in total. The largest absolute Gasteiger partial charge is 0.598 e. The quantitative estimate of drug-likeness (QED) is 0.621. The van der Waals surface area contributed by atoms with Gasteiger partial charge in [0.15, 0.2) is 0 Å². The molecule has 30 heavy (non-hydrogen) atoms. The molecule has 0 heterocycles. The fourth-order valence-electron chi connectivity index (χ4n) is 3.20. The van der Waals surface area contributed by atoms with Gasteiger partial charge in [-0.25, -0.2) is 9.18 Å². The van der Waals surface area contributed by atoms with Crippen LogP contribution in [0.5, 0.6) is 5.75 Å². The number of hydrogen-bond acceptors (Lipinski definition) is 5. The molecule has 1 amide bonds. The predicted molar refractivity (Wildman–Crippen MR) is 117 cm³/mol. The number of benzene rings is 1. The van der Waals surface area contributed by atoms with Gasteiger partial charge in [0.1, 0.15) is 28.0 Å². The highest BCUT2D eigenvalue weighted by atomic mass is 32.2. The Morgan fingerprint density at radius 3 is 2.50 bits per heavy atom. The van der Waals surface area contributed by atoms with Gasteiger partial charge in [0, 0.05) is 29.4 Å². The Morgan fingerprint density at radius 2 is 1.90 bits per heavy atom. The van der Waals surface area contributed by atoms with Gasteiger partial charge < -0.3 is 19.3 Å². The molecule has 1 aliphatic rings. The van der Waals surface area contributed by atoms with E-state index in [2.05, 4.69) is 10.0 Å². The number of carbonyl (C=O) groups is 1. The van der Waals surface area contributed by atoms with Crippen molar-refractivity contribution in [1.82, 2.24) is 10.0 Å². The summed E-state index contributed by atoms with van der Waals surface area (Å²) in [6.07, 6.45) is 1.66. The summed E-state index contributed by atoms with van der Waals surface area (Å²) in [6.45, 7) is 12.9. The maximum absolute atomic E-state index is 13.9. The highest BCUT2D eigenvalue weighted by molar-refractivity contribution is 7.90. The first-order chi connectivity index (χ1) is 13.7. The minimum Gasteiger partial charge on any atom is -0.598 e. The highest BCUT2D eigenvalue weighted by Gasteiger charge is 2.32. The molecule has 6 nitrogen and oxygen atoms in total. The Bertz CT molecular complexity index is 733. The normalized spacial score (nSPS) is 21.8. The fraction of sp³-hybridized carbons (Fsp3) is 0.682. The molecule has 1 fully saturated rings. The molecule has 8 heteroatoms. The van der Waals surface area contributed by atoms with E-state index < -0.39 is 27.8 Å². The first-order valence-electron chi connectivity index (χ1n) is 10.4. The molecule has 1 aliphatic carbocycles. The first-order valence-corrected chi connectivity index (χ1v) is 11.5. The van der Waals surface area contributed by atoms with E-state index in [1.807, 2.05) is 48.5 Å². The van der Waals surface area contributed by atoms with Crippen LogP contribution in [-0.4, -0.2) is 33.1 Å². The summed E-state index contributed by atoms with van der Waals surface area (Å²) in [6, 6.07) is 4.00. The van der Waals surface area contributed by atoms with Crippen molar-refractivity contribution in [3.8, 4) is 5.75 Å². The SMILES string of the molecule is CC(N[S@+]([O-])C(C)(C)C)c1cc(F)ccc1O[C@@H]1CC[C@@H](NC(=O)OC(C)(C)C)C1. The summed E-state index contributed by atoms with van der Waals surface area (Å²) >= 11 is -1.30. The van der Waals surface area contributed by atoms with Crippen LogP contribution in [0.25, 0.3) is 0 Å². The predicted octanol–water partition coefficient (Wildman–Crippen LogP) is 4.76. The van der Waals surface area contributed by atoms with Gasteiger partial charge in [0.25, 0.3) is 0 Å². The molecule has 0 aliphatic heterocycles. The van der Waals surface area contributed by atoms with Crippen molar-refractivity contribution in [2.24, 2.45) is 0 Å². The first kappa shape index (κ1) is 24.8. The topological polar surface area (TPSA) is 82.6 Å². The second-order valence-electron chi connectivity index (χ2n) is 9.80. The molecule has 1 aromatic rings. The number of amides is 1. The van der Waals surface area contributed by atoms with E-state index in [4.69, 9.17) is 9.47 Å². The molecular formula is C22H35FN2O4S. The molecule has 1 saturated carbocycles. The molecule has 4 atom stereocenters. The van der Waals surface area contributed by atoms with Crippen molar-refractivity contribution in [1.29, 1.82) is 0 Å². The zero-order valence-corrected chi connectivity index (χ0v) is 19.8. The summed E-state index contributed by atoms with van der Waals surface area (Å²) in [7, 11) is 0. The number of carbonyl (C=O) groups excluding carboxylic acids is 1. The fourth-order valence-corrected chi connectivity index (χ4v) is 4.00. The van der Waals surface area contributed by atoms with Gasteiger partial charge in [-0.05, 0) is 79.5 Å². The second kappa shape index (κ2) is 9.75. The lowest BCUT2D eigenvalue weighted by atomic mass is 10.1. The monoisotopic (exact) mass is 442 g/mol. The van der Waals surface area contributed by atoms with Crippen LogP contribution in [-0.2, 0) is 16.1 Å². The van der Waals surface area contributed by atoms with Crippen molar-refractivity contribution in [3.63, 3.8) is 0 Å². The Hall–Kier alpha value is -1.51. The van der Waals surface area contributed by atoms with Crippen LogP contribution < -0.4 is 14.8 Å². The number of hydrogen-bond donors (Lipinski definition) is 2. The van der Waals surface area contributed by atoms with Crippen molar-refractivity contribution in [2.75, 3.05) is 0 Å². The maximum atomic E-state index is 13.9. The van der Waals surface area contributed by atoms with Gasteiger partial charge in [0.05, 0.1) is 6.04 Å². The van der Waals surface area contributed by atoms with E-state index in [1.165, 1.54) is 12.1 Å². The molecule has 0 aromatic heterocycles. The van der Waals surface area contributed by atoms with E-state index in [0.717, 1.165) is 12.8 Å². The minimum absolute atomic E-state index is 0.0299. The van der Waals surface area contributed by atoms with Crippen LogP contribution in [0.4, 0.5) is 9.18 Å². The van der Waals surface area contributed by atoms with Crippen LogP contribution in [0, 0.1) is 5.82 Å². The van der Waals surface area contributed by atoms with Crippen LogP contribution in [0.1, 0.15) is 79.3 Å². The van der Waals surface area contributed by atoms with Crippen molar-refractivity contribution >= 4 is 17.5 Å². The summed E-state index contributed by atoms with van der Waals surface area (Å²) in [5, 5.41) is 2.89. The molecule has 0 radical (unpaired) electrons. The summed E-state index contributed by atoms with van der Waals surface area (Å²) in [5.74, 6) is 0.189. The third-order valence-electron chi connectivity index (χ3n) is 4.68. The van der Waals surface area contributed by atoms with Gasteiger partial charge in [0.2, 0.25) is 0 Å². The van der Waals surface area contributed by atoms with Crippen molar-refractivity contribution in [3.05, 3.63) is 29.6 Å². The number of ether oxygens (including phenoxy) is 2. The van der Waals surface area contributed by atoms with Gasteiger partial charge >= 0.3 is 6.09 Å². The van der Waals surface area contributed by atoms with Gasteiger partial charge in [-0.3, -0.25) is 0 Å². The van der Waals surface area contributed by atoms with Crippen molar-refractivity contribution < 1.29 is 23.2 Å². The smallest absolute Gasteiger partial charge is 0.407 e. The molecule has 0 spiro atoms. The molecule has 1 aromatic carbocycles. The summed E-state index contributed by atoms with van der Waals surface area (Å²) < 4.78 is 40.4.